The van der Waals surface area contributed by atoms with Crippen LogP contribution in [0.5, 0.6) is 5.75 Å². The monoisotopic (exact) mass is 323 g/mol. The summed E-state index contributed by atoms with van der Waals surface area (Å²) in [6, 6.07) is 7.90. The van der Waals surface area contributed by atoms with Gasteiger partial charge in [-0.2, -0.15) is 5.10 Å². The van der Waals surface area contributed by atoms with Gasteiger partial charge in [0.15, 0.2) is 0 Å². The number of rotatable bonds is 3. The first-order valence-corrected chi connectivity index (χ1v) is 7.70. The number of methoxy groups -OCH3 is 1. The Labute approximate surface area is 138 Å². The number of nitrogens with zero attached hydrogens (tertiary/aromatic N) is 3. The lowest BCUT2D eigenvalue weighted by atomic mass is 9.90. The van der Waals surface area contributed by atoms with Crippen LogP contribution in [0.1, 0.15) is 33.2 Å². The van der Waals surface area contributed by atoms with Gasteiger partial charge in [0.1, 0.15) is 5.75 Å². The van der Waals surface area contributed by atoms with Crippen LogP contribution in [0.25, 0.3) is 0 Å². The molecule has 0 spiro atoms. The van der Waals surface area contributed by atoms with E-state index in [0.717, 1.165) is 22.7 Å². The number of aromatic amines is 2. The van der Waals surface area contributed by atoms with Crippen LogP contribution < -0.4 is 4.74 Å². The lowest BCUT2D eigenvalue weighted by molar-refractivity contribution is 0.0722. The van der Waals surface area contributed by atoms with Crippen LogP contribution in [0.4, 0.5) is 0 Å². The van der Waals surface area contributed by atoms with Gasteiger partial charge < -0.3 is 14.6 Å². The van der Waals surface area contributed by atoms with Crippen molar-refractivity contribution < 1.29 is 9.53 Å². The summed E-state index contributed by atoms with van der Waals surface area (Å²) in [4.78, 5) is 22.1. The maximum Gasteiger partial charge on any atom is 0.257 e. The molecule has 0 saturated carbocycles. The molecule has 122 valence electrons. The summed E-state index contributed by atoms with van der Waals surface area (Å²) >= 11 is 0. The van der Waals surface area contributed by atoms with Gasteiger partial charge in [0.25, 0.3) is 5.91 Å². The third kappa shape index (κ3) is 2.44. The van der Waals surface area contributed by atoms with Gasteiger partial charge in [-0.3, -0.25) is 9.89 Å². The van der Waals surface area contributed by atoms with E-state index in [-0.39, 0.29) is 11.8 Å². The van der Waals surface area contributed by atoms with Crippen molar-refractivity contribution in [2.45, 2.75) is 12.5 Å². The number of hydrogen-bond acceptors (Lipinski definition) is 4. The van der Waals surface area contributed by atoms with Crippen molar-refractivity contribution in [1.82, 2.24) is 25.1 Å². The maximum absolute atomic E-state index is 12.7. The van der Waals surface area contributed by atoms with Crippen molar-refractivity contribution in [2.24, 2.45) is 0 Å². The van der Waals surface area contributed by atoms with Crippen molar-refractivity contribution in [3.63, 3.8) is 0 Å². The van der Waals surface area contributed by atoms with Gasteiger partial charge in [-0.05, 0) is 17.7 Å². The third-order valence-electron chi connectivity index (χ3n) is 4.38. The first kappa shape index (κ1) is 14.5. The molecule has 2 aromatic heterocycles. The summed E-state index contributed by atoms with van der Waals surface area (Å²) in [5, 5.41) is 6.55. The number of amides is 1. The summed E-state index contributed by atoms with van der Waals surface area (Å²) in [6.07, 6.45) is 4.85. The van der Waals surface area contributed by atoms with Gasteiger partial charge in [-0.25, -0.2) is 4.98 Å². The molecule has 1 aromatic carbocycles. The second kappa shape index (κ2) is 5.84. The van der Waals surface area contributed by atoms with E-state index in [4.69, 9.17) is 4.74 Å². The molecule has 0 bridgehead atoms. The number of ether oxygens (including phenoxy) is 1. The smallest absolute Gasteiger partial charge is 0.257 e. The number of carbonyl (C=O) groups is 1. The Balaban J connectivity index is 1.67. The van der Waals surface area contributed by atoms with E-state index in [1.54, 1.807) is 25.8 Å². The molecule has 7 nitrogen and oxygen atoms in total. The number of benzene rings is 1. The normalized spacial score (nSPS) is 16.7. The molecule has 0 saturated heterocycles. The molecule has 3 heterocycles. The highest BCUT2D eigenvalue weighted by Gasteiger charge is 2.32. The highest BCUT2D eigenvalue weighted by Crippen LogP contribution is 2.32. The van der Waals surface area contributed by atoms with Crippen LogP contribution in [0.3, 0.4) is 0 Å². The number of hydrogen-bond donors (Lipinski definition) is 2. The van der Waals surface area contributed by atoms with Crippen molar-refractivity contribution in [2.75, 3.05) is 13.7 Å². The molecule has 0 aliphatic carbocycles. The number of aromatic nitrogens is 4. The zero-order chi connectivity index (χ0) is 16.5. The van der Waals surface area contributed by atoms with Gasteiger partial charge in [0, 0.05) is 18.7 Å². The molecule has 1 amide bonds. The largest absolute Gasteiger partial charge is 0.497 e. The summed E-state index contributed by atoms with van der Waals surface area (Å²) in [7, 11) is 1.65. The predicted octanol–water partition coefficient (Wildman–Crippen LogP) is 1.93. The van der Waals surface area contributed by atoms with Gasteiger partial charge in [-0.1, -0.05) is 12.1 Å². The molecular formula is C17H17N5O2. The Morgan fingerprint density at radius 3 is 2.88 bits per heavy atom. The number of fused-ring (bicyclic) bond motifs is 1. The first-order chi connectivity index (χ1) is 11.8. The van der Waals surface area contributed by atoms with Gasteiger partial charge >= 0.3 is 0 Å². The van der Waals surface area contributed by atoms with E-state index < -0.39 is 0 Å². The van der Waals surface area contributed by atoms with Crippen LogP contribution in [-0.2, 0) is 6.54 Å². The second-order valence-electron chi connectivity index (χ2n) is 5.76. The molecule has 4 rings (SSSR count). The summed E-state index contributed by atoms with van der Waals surface area (Å²) in [6.45, 7) is 1.10. The summed E-state index contributed by atoms with van der Waals surface area (Å²) < 4.78 is 5.22. The fourth-order valence-corrected chi connectivity index (χ4v) is 3.13. The Hall–Kier alpha value is -3.09. The molecular weight excluding hydrogens is 306 g/mol. The van der Waals surface area contributed by atoms with Crippen LogP contribution >= 0.6 is 0 Å². The molecule has 2 N–H and O–H groups in total. The molecule has 1 atom stereocenters. The van der Waals surface area contributed by atoms with Gasteiger partial charge in [0.05, 0.1) is 43.1 Å². The fourth-order valence-electron chi connectivity index (χ4n) is 3.13. The van der Waals surface area contributed by atoms with E-state index in [2.05, 4.69) is 20.2 Å². The van der Waals surface area contributed by atoms with Crippen LogP contribution in [-0.4, -0.2) is 44.6 Å². The van der Waals surface area contributed by atoms with Crippen molar-refractivity contribution in [3.05, 3.63) is 65.5 Å². The zero-order valence-electron chi connectivity index (χ0n) is 13.2. The molecule has 0 radical (unpaired) electrons. The molecule has 0 fully saturated rings. The standard InChI is InChI=1S/C17H17N5O2/c1-24-13-4-2-11(3-5-13)14-8-22(9-15-16(14)19-10-18-15)17(23)12-6-20-21-7-12/h2-7,10,14H,8-9H2,1H3,(H,18,19)(H,20,21). The molecule has 1 aliphatic heterocycles. The van der Waals surface area contributed by atoms with E-state index >= 15 is 0 Å². The minimum Gasteiger partial charge on any atom is -0.497 e. The quantitative estimate of drug-likeness (QED) is 0.771. The van der Waals surface area contributed by atoms with Crippen molar-refractivity contribution in [3.8, 4) is 5.75 Å². The third-order valence-corrected chi connectivity index (χ3v) is 4.38. The van der Waals surface area contributed by atoms with Crippen molar-refractivity contribution in [1.29, 1.82) is 0 Å². The molecule has 1 unspecified atom stereocenters. The Kier molecular flexibility index (Phi) is 3.53. The molecule has 3 aromatic rings. The molecule has 24 heavy (non-hydrogen) atoms. The number of H-pyrrole nitrogens is 2. The van der Waals surface area contributed by atoms with Crippen LogP contribution in [0.15, 0.2) is 43.0 Å². The Morgan fingerprint density at radius 2 is 2.17 bits per heavy atom. The topological polar surface area (TPSA) is 86.9 Å². The van der Waals surface area contributed by atoms with E-state index in [9.17, 15) is 4.79 Å². The summed E-state index contributed by atoms with van der Waals surface area (Å²) in [5.74, 6) is 0.799. The first-order valence-electron chi connectivity index (χ1n) is 7.70. The van der Waals surface area contributed by atoms with Crippen molar-refractivity contribution >= 4 is 5.91 Å². The predicted molar refractivity (Wildman–Crippen MR) is 86.8 cm³/mol. The number of nitrogens with one attached hydrogen (secondary N) is 2. The Morgan fingerprint density at radius 1 is 1.33 bits per heavy atom. The fraction of sp³-hybridized carbons (Fsp3) is 0.235. The molecule has 1 aliphatic rings. The SMILES string of the molecule is COc1ccc(C2CN(C(=O)c3cn[nH]c3)Cc3[nH]cnc32)cc1. The van der Waals surface area contributed by atoms with E-state index in [0.29, 0.717) is 18.7 Å². The van der Waals surface area contributed by atoms with E-state index in [1.807, 2.05) is 29.2 Å². The maximum atomic E-state index is 12.7. The van der Waals surface area contributed by atoms with E-state index in [1.165, 1.54) is 0 Å². The minimum atomic E-state index is -0.0393. The van der Waals surface area contributed by atoms with Crippen LogP contribution in [0.2, 0.25) is 0 Å². The summed E-state index contributed by atoms with van der Waals surface area (Å²) in [5.41, 5.74) is 3.63. The number of carbonyl (C=O) groups excluding carboxylic acids is 1. The second-order valence-corrected chi connectivity index (χ2v) is 5.76. The molecule has 7 heteroatoms. The van der Waals surface area contributed by atoms with Crippen LogP contribution in [0, 0.1) is 0 Å². The average Bonchev–Trinajstić information content (AvgIpc) is 3.31. The lowest BCUT2D eigenvalue weighted by Gasteiger charge is -2.32. The number of imidazole rings is 1. The van der Waals surface area contributed by atoms with Gasteiger partial charge in [-0.15, -0.1) is 0 Å². The highest BCUT2D eigenvalue weighted by molar-refractivity contribution is 5.93. The highest BCUT2D eigenvalue weighted by atomic mass is 16.5. The minimum absolute atomic E-state index is 0.0294. The average molecular weight is 323 g/mol. The lowest BCUT2D eigenvalue weighted by Crippen LogP contribution is -2.38. The zero-order valence-corrected chi connectivity index (χ0v) is 13.2. The van der Waals surface area contributed by atoms with Gasteiger partial charge in [0.2, 0.25) is 0 Å². The Bertz CT molecular complexity index is 838.